The monoisotopic (exact) mass is 493 g/mol. The van der Waals surface area contributed by atoms with Crippen molar-refractivity contribution in [2.45, 2.75) is 31.1 Å². The van der Waals surface area contributed by atoms with E-state index in [1.54, 1.807) is 6.07 Å². The summed E-state index contributed by atoms with van der Waals surface area (Å²) in [6.45, 7) is 0. The van der Waals surface area contributed by atoms with Crippen LogP contribution < -0.4 is 15.4 Å². The summed E-state index contributed by atoms with van der Waals surface area (Å²) in [6.07, 6.45) is -2.81. The number of nitrogens with one attached hydrogen (secondary N) is 2. The fourth-order valence-electron chi connectivity index (χ4n) is 3.62. The van der Waals surface area contributed by atoms with Crippen molar-refractivity contribution in [2.24, 2.45) is 0 Å². The molecule has 0 fully saturated rings. The number of aromatic nitrogens is 1. The third kappa shape index (κ3) is 6.75. The first-order chi connectivity index (χ1) is 16.6. The van der Waals surface area contributed by atoms with E-state index >= 15 is 0 Å². The van der Waals surface area contributed by atoms with Crippen LogP contribution in [0, 0.1) is 11.6 Å². The minimum absolute atomic E-state index is 0.0424. The number of hydrogen-bond donors (Lipinski definition) is 2. The number of carbonyl (C=O) groups excluding carboxylic acids is 1. The SMILES string of the molecule is CNC(=O)C(NC(CCc1ccc(C(F)(F)F)nc1)c1ccc(OC)c(F)c1)c1ccc(F)cc1. The Morgan fingerprint density at radius 2 is 1.71 bits per heavy atom. The van der Waals surface area contributed by atoms with Crippen LogP contribution in [0.2, 0.25) is 0 Å². The first-order valence-corrected chi connectivity index (χ1v) is 10.7. The maximum atomic E-state index is 14.5. The van der Waals surface area contributed by atoms with Crippen molar-refractivity contribution in [3.63, 3.8) is 0 Å². The highest BCUT2D eigenvalue weighted by Gasteiger charge is 2.32. The standard InChI is InChI=1S/C25H24F5N3O2/c1-31-24(34)23(16-5-8-18(26)9-6-16)33-20(17-7-11-21(35-2)19(27)13-17)10-3-15-4-12-22(32-14-15)25(28,29)30/h4-9,11-14,20,23,33H,3,10H2,1-2H3,(H,31,34). The predicted octanol–water partition coefficient (Wildman–Crippen LogP) is 5.14. The molecule has 0 aliphatic heterocycles. The molecular formula is C25H24F5N3O2. The molecule has 186 valence electrons. The van der Waals surface area contributed by atoms with Crippen LogP contribution in [-0.4, -0.2) is 25.0 Å². The summed E-state index contributed by atoms with van der Waals surface area (Å²) in [7, 11) is 2.79. The van der Waals surface area contributed by atoms with E-state index in [0.29, 0.717) is 29.5 Å². The van der Waals surface area contributed by atoms with E-state index in [9.17, 15) is 26.7 Å². The Morgan fingerprint density at radius 1 is 1.03 bits per heavy atom. The Hall–Kier alpha value is -3.53. The highest BCUT2D eigenvalue weighted by atomic mass is 19.4. The molecule has 0 aliphatic rings. The molecule has 0 radical (unpaired) electrons. The van der Waals surface area contributed by atoms with Gasteiger partial charge in [0.05, 0.1) is 7.11 Å². The molecule has 35 heavy (non-hydrogen) atoms. The van der Waals surface area contributed by atoms with E-state index in [4.69, 9.17) is 4.74 Å². The van der Waals surface area contributed by atoms with Gasteiger partial charge in [0, 0.05) is 19.3 Å². The van der Waals surface area contributed by atoms with E-state index in [1.165, 1.54) is 56.6 Å². The molecule has 1 aromatic heterocycles. The molecule has 0 spiro atoms. The molecular weight excluding hydrogens is 469 g/mol. The summed E-state index contributed by atoms with van der Waals surface area (Å²) in [6, 6.07) is 10.5. The summed E-state index contributed by atoms with van der Waals surface area (Å²) in [5.74, 6) is -1.42. The molecule has 10 heteroatoms. The maximum absolute atomic E-state index is 14.5. The van der Waals surface area contributed by atoms with Crippen LogP contribution in [-0.2, 0) is 17.4 Å². The van der Waals surface area contributed by atoms with Crippen molar-refractivity contribution in [2.75, 3.05) is 14.2 Å². The Morgan fingerprint density at radius 3 is 2.26 bits per heavy atom. The number of methoxy groups -OCH3 is 1. The zero-order valence-corrected chi connectivity index (χ0v) is 19.0. The molecule has 1 heterocycles. The summed E-state index contributed by atoms with van der Waals surface area (Å²) in [4.78, 5) is 16.1. The summed E-state index contributed by atoms with van der Waals surface area (Å²) in [5, 5.41) is 5.74. The fourth-order valence-corrected chi connectivity index (χ4v) is 3.62. The number of rotatable bonds is 9. The van der Waals surface area contributed by atoms with Crippen LogP contribution in [0.25, 0.3) is 0 Å². The zero-order valence-electron chi connectivity index (χ0n) is 19.0. The first-order valence-electron chi connectivity index (χ1n) is 10.7. The molecule has 0 aliphatic carbocycles. The van der Waals surface area contributed by atoms with E-state index < -0.39 is 41.5 Å². The Labute approximate surface area is 199 Å². The van der Waals surface area contributed by atoms with Crippen molar-refractivity contribution < 1.29 is 31.5 Å². The molecule has 2 atom stereocenters. The van der Waals surface area contributed by atoms with Gasteiger partial charge in [0.1, 0.15) is 17.6 Å². The zero-order chi connectivity index (χ0) is 25.6. The van der Waals surface area contributed by atoms with E-state index in [2.05, 4.69) is 15.6 Å². The maximum Gasteiger partial charge on any atom is 0.433 e. The topological polar surface area (TPSA) is 63.2 Å². The molecule has 2 unspecified atom stereocenters. The van der Waals surface area contributed by atoms with Gasteiger partial charge in [-0.2, -0.15) is 13.2 Å². The molecule has 0 bridgehead atoms. The van der Waals surface area contributed by atoms with Gasteiger partial charge in [-0.05, 0) is 59.9 Å². The van der Waals surface area contributed by atoms with Gasteiger partial charge in [0.25, 0.3) is 0 Å². The van der Waals surface area contributed by atoms with Gasteiger partial charge in [-0.25, -0.2) is 8.78 Å². The lowest BCUT2D eigenvalue weighted by molar-refractivity contribution is -0.141. The molecule has 2 aromatic carbocycles. The molecule has 5 nitrogen and oxygen atoms in total. The van der Waals surface area contributed by atoms with Crippen LogP contribution in [0.5, 0.6) is 5.75 Å². The molecule has 3 rings (SSSR count). The molecule has 0 saturated heterocycles. The lowest BCUT2D eigenvalue weighted by Crippen LogP contribution is -2.38. The van der Waals surface area contributed by atoms with Gasteiger partial charge in [0.15, 0.2) is 11.6 Å². The minimum Gasteiger partial charge on any atom is -0.494 e. The largest absolute Gasteiger partial charge is 0.494 e. The van der Waals surface area contributed by atoms with Crippen LogP contribution in [0.4, 0.5) is 22.0 Å². The summed E-state index contributed by atoms with van der Waals surface area (Å²) in [5.41, 5.74) is 0.529. The molecule has 0 saturated carbocycles. The van der Waals surface area contributed by atoms with Crippen LogP contribution in [0.3, 0.4) is 0 Å². The number of aryl methyl sites for hydroxylation is 1. The van der Waals surface area contributed by atoms with Gasteiger partial charge in [-0.15, -0.1) is 0 Å². The van der Waals surface area contributed by atoms with Crippen molar-refractivity contribution in [3.8, 4) is 5.75 Å². The van der Waals surface area contributed by atoms with Crippen LogP contribution in [0.1, 0.15) is 40.9 Å². The molecule has 1 amide bonds. The Kier molecular flexibility index (Phi) is 8.39. The molecule has 2 N–H and O–H groups in total. The number of ether oxygens (including phenoxy) is 1. The fraction of sp³-hybridized carbons (Fsp3) is 0.280. The number of alkyl halides is 3. The number of halogens is 5. The Bertz CT molecular complexity index is 1140. The van der Waals surface area contributed by atoms with Crippen molar-refractivity contribution in [3.05, 3.63) is 94.8 Å². The number of amides is 1. The van der Waals surface area contributed by atoms with Crippen molar-refractivity contribution in [1.29, 1.82) is 0 Å². The second-order valence-electron chi connectivity index (χ2n) is 7.80. The number of hydrogen-bond acceptors (Lipinski definition) is 4. The number of benzene rings is 2. The highest BCUT2D eigenvalue weighted by molar-refractivity contribution is 5.83. The van der Waals surface area contributed by atoms with Crippen molar-refractivity contribution >= 4 is 5.91 Å². The van der Waals surface area contributed by atoms with Crippen molar-refractivity contribution in [1.82, 2.24) is 15.6 Å². The van der Waals surface area contributed by atoms with Gasteiger partial charge in [0.2, 0.25) is 5.91 Å². The lowest BCUT2D eigenvalue weighted by atomic mass is 9.96. The van der Waals surface area contributed by atoms with Crippen LogP contribution in [0.15, 0.2) is 60.8 Å². The second-order valence-corrected chi connectivity index (χ2v) is 7.80. The van der Waals surface area contributed by atoms with Crippen LogP contribution >= 0.6 is 0 Å². The average molecular weight is 493 g/mol. The van der Waals surface area contributed by atoms with E-state index in [0.717, 1.165) is 12.3 Å². The predicted molar refractivity (Wildman–Crippen MR) is 120 cm³/mol. The Balaban J connectivity index is 1.90. The minimum atomic E-state index is -4.54. The lowest BCUT2D eigenvalue weighted by Gasteiger charge is -2.26. The van der Waals surface area contributed by atoms with E-state index in [-0.39, 0.29) is 5.75 Å². The van der Waals surface area contributed by atoms with E-state index in [1.807, 2.05) is 0 Å². The van der Waals surface area contributed by atoms with Gasteiger partial charge >= 0.3 is 6.18 Å². The number of likely N-dealkylation sites (N-methyl/N-ethyl adjacent to an activating group) is 1. The highest BCUT2D eigenvalue weighted by Crippen LogP contribution is 2.30. The van der Waals surface area contributed by atoms with Gasteiger partial charge in [-0.3, -0.25) is 15.1 Å². The quantitative estimate of drug-likeness (QED) is 0.406. The smallest absolute Gasteiger partial charge is 0.433 e. The van der Waals surface area contributed by atoms with Gasteiger partial charge < -0.3 is 10.1 Å². The number of nitrogens with zero attached hydrogens (tertiary/aromatic N) is 1. The van der Waals surface area contributed by atoms with Gasteiger partial charge in [-0.1, -0.05) is 24.3 Å². The average Bonchev–Trinajstić information content (AvgIpc) is 2.84. The second kappa shape index (κ2) is 11.3. The first kappa shape index (κ1) is 26.1. The number of pyridine rings is 1. The third-order valence-corrected chi connectivity index (χ3v) is 5.49. The third-order valence-electron chi connectivity index (χ3n) is 5.49. The summed E-state index contributed by atoms with van der Waals surface area (Å²) >= 11 is 0. The molecule has 3 aromatic rings. The summed E-state index contributed by atoms with van der Waals surface area (Å²) < 4.78 is 71.3. The normalized spacial score (nSPS) is 13.2. The number of carbonyl (C=O) groups is 1.